The molecule has 2 atom stereocenters. The van der Waals surface area contributed by atoms with Crippen molar-refractivity contribution in [1.82, 2.24) is 10.0 Å². The van der Waals surface area contributed by atoms with E-state index in [1.807, 2.05) is 20.8 Å². The fraction of sp³-hybridized carbons (Fsp3) is 0.706. The van der Waals surface area contributed by atoms with Gasteiger partial charge < -0.3 is 4.74 Å². The van der Waals surface area contributed by atoms with Crippen LogP contribution < -0.4 is 0 Å². The van der Waals surface area contributed by atoms with Crippen molar-refractivity contribution in [3.05, 3.63) is 22.5 Å². The summed E-state index contributed by atoms with van der Waals surface area (Å²) in [6.07, 6.45) is -4.62. The number of alkyl halides is 3. The van der Waals surface area contributed by atoms with Crippen molar-refractivity contribution >= 4 is 5.97 Å². The minimum Gasteiger partial charge on any atom is -0.461 e. The van der Waals surface area contributed by atoms with Crippen molar-refractivity contribution in [2.45, 2.75) is 65.7 Å². The van der Waals surface area contributed by atoms with Crippen molar-refractivity contribution in [3.8, 4) is 0 Å². The molecule has 1 fully saturated rings. The summed E-state index contributed by atoms with van der Waals surface area (Å²) in [5.74, 6) is -0.686. The molecule has 0 bridgehead atoms. The molecule has 3 heterocycles. The summed E-state index contributed by atoms with van der Waals surface area (Å²) in [5.41, 5.74) is -0.173. The lowest BCUT2D eigenvalue weighted by Crippen LogP contribution is -2.56. The van der Waals surface area contributed by atoms with Gasteiger partial charge in [0, 0.05) is 17.5 Å². The molecule has 0 aromatic rings. The van der Waals surface area contributed by atoms with Gasteiger partial charge >= 0.3 is 12.1 Å². The molecule has 0 saturated carbocycles. The van der Waals surface area contributed by atoms with Gasteiger partial charge in [0.1, 0.15) is 5.70 Å². The lowest BCUT2D eigenvalue weighted by atomic mass is 9.77. The van der Waals surface area contributed by atoms with Crippen LogP contribution in [0.25, 0.3) is 0 Å². The van der Waals surface area contributed by atoms with E-state index in [4.69, 9.17) is 4.74 Å². The van der Waals surface area contributed by atoms with Gasteiger partial charge in [-0.1, -0.05) is 13.8 Å². The summed E-state index contributed by atoms with van der Waals surface area (Å²) in [6.45, 7) is 10.6. The van der Waals surface area contributed by atoms with Crippen LogP contribution >= 0.6 is 0 Å². The van der Waals surface area contributed by atoms with Gasteiger partial charge in [-0.2, -0.15) is 13.2 Å². The summed E-state index contributed by atoms with van der Waals surface area (Å²) >= 11 is 0. The third kappa shape index (κ3) is 1.78. The summed E-state index contributed by atoms with van der Waals surface area (Å²) in [4.78, 5) is 12.5. The Kier molecular flexibility index (Phi) is 3.36. The molecule has 0 aromatic heterocycles. The van der Waals surface area contributed by atoms with E-state index in [0.29, 0.717) is 11.3 Å². The summed E-state index contributed by atoms with van der Waals surface area (Å²) in [6, 6.07) is -0.281. The minimum absolute atomic E-state index is 0.0391. The third-order valence-electron chi connectivity index (χ3n) is 5.87. The zero-order chi connectivity index (χ0) is 18.2. The Bertz CT molecular complexity index is 678. The third-order valence-corrected chi connectivity index (χ3v) is 5.87. The van der Waals surface area contributed by atoms with Crippen LogP contribution in [0.3, 0.4) is 0 Å². The van der Waals surface area contributed by atoms with Gasteiger partial charge in [0.15, 0.2) is 5.54 Å². The molecule has 4 nitrogen and oxygen atoms in total. The van der Waals surface area contributed by atoms with Gasteiger partial charge in [-0.05, 0) is 38.8 Å². The molecular formula is C17H23F3N2O2. The molecule has 0 amide bonds. The molecule has 3 aliphatic heterocycles. The Morgan fingerprint density at radius 2 is 1.88 bits per heavy atom. The van der Waals surface area contributed by atoms with Crippen LogP contribution in [0.4, 0.5) is 13.2 Å². The first-order valence-corrected chi connectivity index (χ1v) is 8.13. The highest BCUT2D eigenvalue weighted by Crippen LogP contribution is 2.62. The van der Waals surface area contributed by atoms with Crippen LogP contribution in [0.5, 0.6) is 0 Å². The van der Waals surface area contributed by atoms with Gasteiger partial charge in [-0.25, -0.2) is 4.79 Å². The second-order valence-electron chi connectivity index (χ2n) is 7.55. The van der Waals surface area contributed by atoms with E-state index in [0.717, 1.165) is 17.5 Å². The maximum Gasteiger partial charge on any atom is 0.413 e. The van der Waals surface area contributed by atoms with E-state index < -0.39 is 17.7 Å². The van der Waals surface area contributed by atoms with Gasteiger partial charge in [-0.15, -0.1) is 0 Å². The van der Waals surface area contributed by atoms with Crippen molar-refractivity contribution in [2.75, 3.05) is 6.61 Å². The molecule has 0 unspecified atom stereocenters. The fourth-order valence-electron chi connectivity index (χ4n) is 4.34. The monoisotopic (exact) mass is 344 g/mol. The van der Waals surface area contributed by atoms with Crippen LogP contribution in [0, 0.1) is 5.41 Å². The fourth-order valence-corrected chi connectivity index (χ4v) is 4.34. The lowest BCUT2D eigenvalue weighted by Gasteiger charge is -2.41. The Morgan fingerprint density at radius 3 is 2.38 bits per heavy atom. The average molecular weight is 344 g/mol. The Hall–Kier alpha value is -1.66. The molecule has 0 aromatic carbocycles. The van der Waals surface area contributed by atoms with E-state index in [9.17, 15) is 18.0 Å². The molecular weight excluding hydrogens is 321 g/mol. The lowest BCUT2D eigenvalue weighted by molar-refractivity contribution is -0.233. The molecule has 0 radical (unpaired) electrons. The predicted octanol–water partition coefficient (Wildman–Crippen LogP) is 3.76. The van der Waals surface area contributed by atoms with Crippen molar-refractivity contribution < 1.29 is 22.7 Å². The number of hydrazine groups is 1. The maximum absolute atomic E-state index is 13.9. The maximum atomic E-state index is 13.9. The molecule has 0 N–H and O–H groups in total. The van der Waals surface area contributed by atoms with Gasteiger partial charge in [-0.3, -0.25) is 10.0 Å². The predicted molar refractivity (Wildman–Crippen MR) is 82.4 cm³/mol. The molecule has 0 aliphatic carbocycles. The van der Waals surface area contributed by atoms with Crippen LogP contribution in [0.2, 0.25) is 0 Å². The number of halogens is 3. The van der Waals surface area contributed by atoms with E-state index >= 15 is 0 Å². The van der Waals surface area contributed by atoms with Gasteiger partial charge in [0.2, 0.25) is 0 Å². The molecule has 3 aliphatic rings. The van der Waals surface area contributed by atoms with Crippen LogP contribution in [0.1, 0.15) is 48.0 Å². The number of carbonyl (C=O) groups excluding carboxylic acids is 1. The topological polar surface area (TPSA) is 32.8 Å². The highest BCUT2D eigenvalue weighted by molar-refractivity contribution is 5.90. The molecule has 1 saturated heterocycles. The van der Waals surface area contributed by atoms with E-state index in [1.165, 1.54) is 0 Å². The molecule has 0 spiro atoms. The number of hydrogen-bond acceptors (Lipinski definition) is 4. The first-order chi connectivity index (χ1) is 10.9. The number of ether oxygens (including phenoxy) is 1. The summed E-state index contributed by atoms with van der Waals surface area (Å²) in [5, 5.41) is 2.84. The Morgan fingerprint density at radius 1 is 1.29 bits per heavy atom. The van der Waals surface area contributed by atoms with E-state index in [-0.39, 0.29) is 30.2 Å². The van der Waals surface area contributed by atoms with Crippen molar-refractivity contribution in [1.29, 1.82) is 0 Å². The van der Waals surface area contributed by atoms with E-state index in [1.54, 1.807) is 18.9 Å². The molecule has 7 heteroatoms. The Labute approximate surface area is 139 Å². The summed E-state index contributed by atoms with van der Waals surface area (Å²) in [7, 11) is 0. The van der Waals surface area contributed by atoms with Gasteiger partial charge in [0.25, 0.3) is 0 Å². The van der Waals surface area contributed by atoms with Crippen molar-refractivity contribution in [2.24, 2.45) is 5.41 Å². The SMILES string of the molecule is CCOC(=O)C1=C(C)[C@H]2N3C(=C(C)C2(C)C)C[C@@](C)(C(F)(F)F)N13. The highest BCUT2D eigenvalue weighted by Gasteiger charge is 2.69. The van der Waals surface area contributed by atoms with Crippen LogP contribution in [-0.4, -0.2) is 40.4 Å². The number of nitrogens with zero attached hydrogens (tertiary/aromatic N) is 2. The first-order valence-electron chi connectivity index (χ1n) is 8.13. The van der Waals surface area contributed by atoms with Crippen LogP contribution in [-0.2, 0) is 9.53 Å². The smallest absolute Gasteiger partial charge is 0.413 e. The second-order valence-corrected chi connectivity index (χ2v) is 7.55. The first kappa shape index (κ1) is 17.2. The molecule has 134 valence electrons. The number of rotatable bonds is 2. The standard InChI is InChI=1S/C17H23F3N2O2/c1-7-24-14(23)12-9(2)13-15(4,5)10(3)11-8-16(6,17(18,19)20)22(12)21(11)13/h13H,7-8H2,1-6H3/t13-,16+/m1/s1. The second kappa shape index (κ2) is 4.70. The van der Waals surface area contributed by atoms with E-state index in [2.05, 4.69) is 0 Å². The zero-order valence-electron chi connectivity index (χ0n) is 14.8. The largest absolute Gasteiger partial charge is 0.461 e. The van der Waals surface area contributed by atoms with Crippen LogP contribution in [0.15, 0.2) is 22.5 Å². The quantitative estimate of drug-likeness (QED) is 0.714. The normalized spacial score (nSPS) is 31.3. The summed E-state index contributed by atoms with van der Waals surface area (Å²) < 4.78 is 46.8. The van der Waals surface area contributed by atoms with Crippen molar-refractivity contribution in [3.63, 3.8) is 0 Å². The molecule has 24 heavy (non-hydrogen) atoms. The number of hydrogen-bond donors (Lipinski definition) is 0. The zero-order valence-corrected chi connectivity index (χ0v) is 14.8. The Balaban J connectivity index is 2.23. The average Bonchev–Trinajstić information content (AvgIpc) is 2.97. The minimum atomic E-state index is -4.47. The molecule has 3 rings (SSSR count). The highest BCUT2D eigenvalue weighted by atomic mass is 19.4. The number of carbonyl (C=O) groups is 1. The van der Waals surface area contributed by atoms with Gasteiger partial charge in [0.05, 0.1) is 12.6 Å². The number of esters is 1.